The molecule has 0 bridgehead atoms. The number of aromatic nitrogens is 1. The first kappa shape index (κ1) is 11.2. The molecule has 0 aliphatic rings. The highest BCUT2D eigenvalue weighted by atomic mass is 16.4. The molecule has 1 heterocycles. The van der Waals surface area contributed by atoms with Crippen molar-refractivity contribution in [1.29, 1.82) is 0 Å². The minimum absolute atomic E-state index is 0.0256. The number of ketones is 1. The maximum absolute atomic E-state index is 11.3. The predicted molar refractivity (Wildman–Crippen MR) is 53.4 cm³/mol. The lowest BCUT2D eigenvalue weighted by Crippen LogP contribution is -2.21. The highest BCUT2D eigenvalue weighted by molar-refractivity contribution is 5.97. The van der Waals surface area contributed by atoms with E-state index in [0.717, 1.165) is 6.07 Å². The molecule has 2 N–H and O–H groups in total. The Hall–Kier alpha value is -1.91. The van der Waals surface area contributed by atoms with E-state index in [-0.39, 0.29) is 11.1 Å². The molecule has 5 heteroatoms. The zero-order chi connectivity index (χ0) is 11.6. The van der Waals surface area contributed by atoms with Crippen LogP contribution in [-0.2, 0) is 6.42 Å². The highest BCUT2D eigenvalue weighted by Gasteiger charge is 2.15. The third-order valence-electron chi connectivity index (χ3n) is 2.09. The molecule has 0 amide bonds. The Balaban J connectivity index is 3.51. The van der Waals surface area contributed by atoms with Gasteiger partial charge in [0, 0.05) is 5.69 Å². The van der Waals surface area contributed by atoms with Crippen molar-refractivity contribution in [2.24, 2.45) is 0 Å². The lowest BCUT2D eigenvalue weighted by atomic mass is 10.1. The lowest BCUT2D eigenvalue weighted by Gasteiger charge is -2.04. The fourth-order valence-electron chi connectivity index (χ4n) is 1.30. The van der Waals surface area contributed by atoms with Crippen LogP contribution in [0.25, 0.3) is 0 Å². The van der Waals surface area contributed by atoms with Crippen molar-refractivity contribution in [3.8, 4) is 0 Å². The lowest BCUT2D eigenvalue weighted by molar-refractivity contribution is 0.0695. The Morgan fingerprint density at radius 2 is 2.00 bits per heavy atom. The first-order chi connectivity index (χ1) is 6.97. The van der Waals surface area contributed by atoms with E-state index < -0.39 is 17.3 Å². The maximum Gasteiger partial charge on any atom is 0.337 e. The fraction of sp³-hybridized carbons (Fsp3) is 0.300. The molecule has 0 aliphatic heterocycles. The van der Waals surface area contributed by atoms with Gasteiger partial charge in [-0.05, 0) is 19.4 Å². The summed E-state index contributed by atoms with van der Waals surface area (Å²) in [5.74, 6) is -1.59. The molecular formula is C10H11NO4. The molecule has 0 fully saturated rings. The quantitative estimate of drug-likeness (QED) is 0.722. The van der Waals surface area contributed by atoms with Crippen molar-refractivity contribution in [2.45, 2.75) is 20.3 Å². The zero-order valence-electron chi connectivity index (χ0n) is 8.46. The summed E-state index contributed by atoms with van der Waals surface area (Å²) in [5, 5.41) is 8.86. The first-order valence-electron chi connectivity index (χ1n) is 4.47. The minimum Gasteiger partial charge on any atom is -0.478 e. The van der Waals surface area contributed by atoms with Crippen molar-refractivity contribution in [2.75, 3.05) is 0 Å². The molecule has 0 saturated carbocycles. The summed E-state index contributed by atoms with van der Waals surface area (Å²) in [6.07, 6.45) is 0.398. The second kappa shape index (κ2) is 4.08. The maximum atomic E-state index is 11.3. The Morgan fingerprint density at radius 3 is 2.40 bits per heavy atom. The Bertz CT molecular complexity index is 473. The number of carboxylic acid groups (broad SMARTS) is 1. The van der Waals surface area contributed by atoms with E-state index in [1.807, 2.05) is 0 Å². The molecule has 15 heavy (non-hydrogen) atoms. The van der Waals surface area contributed by atoms with E-state index in [4.69, 9.17) is 5.11 Å². The number of hydrogen-bond acceptors (Lipinski definition) is 3. The Kier molecular flexibility index (Phi) is 3.04. The van der Waals surface area contributed by atoms with Gasteiger partial charge in [-0.15, -0.1) is 0 Å². The van der Waals surface area contributed by atoms with Crippen LogP contribution < -0.4 is 5.56 Å². The van der Waals surface area contributed by atoms with Crippen LogP contribution in [0.3, 0.4) is 0 Å². The third kappa shape index (κ3) is 2.12. The predicted octanol–water partition coefficient (Wildman–Crippen LogP) is 0.838. The summed E-state index contributed by atoms with van der Waals surface area (Å²) in [6.45, 7) is 2.95. The van der Waals surface area contributed by atoms with Gasteiger partial charge >= 0.3 is 5.97 Å². The van der Waals surface area contributed by atoms with Crippen LogP contribution >= 0.6 is 0 Å². The number of H-pyrrole nitrogens is 1. The summed E-state index contributed by atoms with van der Waals surface area (Å²) in [7, 11) is 0. The monoisotopic (exact) mass is 209 g/mol. The van der Waals surface area contributed by atoms with Crippen molar-refractivity contribution >= 4 is 11.8 Å². The Labute approximate surface area is 85.8 Å². The van der Waals surface area contributed by atoms with E-state index >= 15 is 0 Å². The number of rotatable bonds is 3. The zero-order valence-corrected chi connectivity index (χ0v) is 8.46. The molecule has 1 aromatic heterocycles. The summed E-state index contributed by atoms with van der Waals surface area (Å²) in [6, 6.07) is 1.13. The molecule has 0 unspecified atom stereocenters. The van der Waals surface area contributed by atoms with Gasteiger partial charge in [0.15, 0.2) is 5.78 Å². The molecule has 0 aromatic carbocycles. The standard InChI is InChI=1S/C10H11NO4/c1-3-8-7(10(14)15)4-6(5(2)12)9(13)11-8/h4H,3H2,1-2H3,(H,11,13)(H,14,15). The first-order valence-corrected chi connectivity index (χ1v) is 4.47. The average Bonchev–Trinajstić information content (AvgIpc) is 2.16. The van der Waals surface area contributed by atoms with E-state index in [1.165, 1.54) is 6.92 Å². The van der Waals surface area contributed by atoms with Gasteiger partial charge in [0.05, 0.1) is 11.1 Å². The molecule has 1 aromatic rings. The van der Waals surface area contributed by atoms with Crippen LogP contribution in [0.15, 0.2) is 10.9 Å². The van der Waals surface area contributed by atoms with Crippen LogP contribution in [0.5, 0.6) is 0 Å². The minimum atomic E-state index is -1.15. The van der Waals surface area contributed by atoms with E-state index in [9.17, 15) is 14.4 Å². The number of aryl methyl sites for hydroxylation is 1. The molecule has 0 atom stereocenters. The molecule has 5 nitrogen and oxygen atoms in total. The normalized spacial score (nSPS) is 10.0. The molecule has 1 rings (SSSR count). The molecule has 0 spiro atoms. The molecule has 0 saturated heterocycles. The van der Waals surface area contributed by atoms with Crippen molar-refractivity contribution in [3.63, 3.8) is 0 Å². The second-order valence-electron chi connectivity index (χ2n) is 3.12. The van der Waals surface area contributed by atoms with Gasteiger partial charge in [-0.25, -0.2) is 4.79 Å². The number of hydrogen-bond donors (Lipinski definition) is 2. The van der Waals surface area contributed by atoms with Gasteiger partial charge in [0.25, 0.3) is 5.56 Å². The molecule has 0 radical (unpaired) electrons. The van der Waals surface area contributed by atoms with Gasteiger partial charge in [0.2, 0.25) is 0 Å². The topological polar surface area (TPSA) is 87.2 Å². The van der Waals surface area contributed by atoms with E-state index in [2.05, 4.69) is 4.98 Å². The van der Waals surface area contributed by atoms with Crippen LogP contribution in [0.4, 0.5) is 0 Å². The number of carboxylic acids is 1. The number of pyridine rings is 1. The molecule has 0 aliphatic carbocycles. The van der Waals surface area contributed by atoms with Crippen molar-refractivity contribution < 1.29 is 14.7 Å². The molecule has 80 valence electrons. The fourth-order valence-corrected chi connectivity index (χ4v) is 1.30. The van der Waals surface area contributed by atoms with Crippen LogP contribution in [0, 0.1) is 0 Å². The second-order valence-corrected chi connectivity index (χ2v) is 3.12. The smallest absolute Gasteiger partial charge is 0.337 e. The van der Waals surface area contributed by atoms with E-state index in [1.54, 1.807) is 6.92 Å². The molecular weight excluding hydrogens is 198 g/mol. The Morgan fingerprint density at radius 1 is 1.40 bits per heavy atom. The number of Topliss-reactive ketones (excluding diaryl/α,β-unsaturated/α-hetero) is 1. The summed E-state index contributed by atoms with van der Waals surface area (Å²) >= 11 is 0. The van der Waals surface area contributed by atoms with Crippen LogP contribution in [0.1, 0.15) is 40.3 Å². The average molecular weight is 209 g/mol. The van der Waals surface area contributed by atoms with Gasteiger partial charge < -0.3 is 10.1 Å². The van der Waals surface area contributed by atoms with Gasteiger partial charge in [0.1, 0.15) is 0 Å². The number of nitrogens with one attached hydrogen (secondary N) is 1. The third-order valence-corrected chi connectivity index (χ3v) is 2.09. The van der Waals surface area contributed by atoms with Crippen molar-refractivity contribution in [3.05, 3.63) is 33.2 Å². The SMILES string of the molecule is CCc1[nH]c(=O)c(C(C)=O)cc1C(=O)O. The number of carbonyl (C=O) groups excluding carboxylic acids is 1. The van der Waals surface area contributed by atoms with E-state index in [0.29, 0.717) is 12.1 Å². The van der Waals surface area contributed by atoms with Gasteiger partial charge in [-0.2, -0.15) is 0 Å². The van der Waals surface area contributed by atoms with Gasteiger partial charge in [-0.3, -0.25) is 9.59 Å². The number of carbonyl (C=O) groups is 2. The van der Waals surface area contributed by atoms with Crippen LogP contribution in [-0.4, -0.2) is 21.8 Å². The summed E-state index contributed by atoms with van der Waals surface area (Å²) in [5.41, 5.74) is -0.353. The largest absolute Gasteiger partial charge is 0.478 e. The summed E-state index contributed by atoms with van der Waals surface area (Å²) < 4.78 is 0. The number of aromatic amines is 1. The van der Waals surface area contributed by atoms with Crippen LogP contribution in [0.2, 0.25) is 0 Å². The van der Waals surface area contributed by atoms with Gasteiger partial charge in [-0.1, -0.05) is 6.92 Å². The van der Waals surface area contributed by atoms with Crippen molar-refractivity contribution in [1.82, 2.24) is 4.98 Å². The number of aromatic carboxylic acids is 1. The highest BCUT2D eigenvalue weighted by Crippen LogP contribution is 2.07. The summed E-state index contributed by atoms with van der Waals surface area (Å²) in [4.78, 5) is 35.6.